The molecule has 1 aromatic rings. The van der Waals surface area contributed by atoms with Gasteiger partial charge in [0.05, 0.1) is 6.04 Å². The van der Waals surface area contributed by atoms with Crippen LogP contribution in [0.4, 0.5) is 0 Å². The summed E-state index contributed by atoms with van der Waals surface area (Å²) in [5.41, 5.74) is 3.06. The van der Waals surface area contributed by atoms with Gasteiger partial charge in [-0.1, -0.05) is 29.8 Å². The summed E-state index contributed by atoms with van der Waals surface area (Å²) < 4.78 is 4.88. The molecule has 1 atom stereocenters. The molecule has 122 valence electrons. The Balaban J connectivity index is 1.82. The molecule has 2 N–H and O–H groups in total. The van der Waals surface area contributed by atoms with E-state index in [-0.39, 0.29) is 30.5 Å². The fourth-order valence-corrected chi connectivity index (χ4v) is 2.32. The predicted octanol–water partition coefficient (Wildman–Crippen LogP) is 1.33. The van der Waals surface area contributed by atoms with Crippen molar-refractivity contribution in [3.05, 3.63) is 34.9 Å². The molecule has 8 heteroatoms. The number of ether oxygens (including phenoxy) is 1. The van der Waals surface area contributed by atoms with Crippen LogP contribution in [-0.4, -0.2) is 30.1 Å². The molecule has 0 aliphatic carbocycles. The van der Waals surface area contributed by atoms with Crippen molar-refractivity contribution in [3.63, 3.8) is 0 Å². The van der Waals surface area contributed by atoms with Crippen LogP contribution in [0.15, 0.2) is 29.4 Å². The Bertz CT molecular complexity index is 660. The zero-order chi connectivity index (χ0) is 16.8. The van der Waals surface area contributed by atoms with Crippen molar-refractivity contribution in [2.24, 2.45) is 5.10 Å². The summed E-state index contributed by atoms with van der Waals surface area (Å²) in [4.78, 5) is 34.5. The average Bonchev–Trinajstić information content (AvgIpc) is 2.53. The van der Waals surface area contributed by atoms with Gasteiger partial charge in [0.25, 0.3) is 5.91 Å². The lowest BCUT2D eigenvalue weighted by Gasteiger charge is -2.16. The van der Waals surface area contributed by atoms with E-state index in [0.29, 0.717) is 5.02 Å². The average molecular weight is 338 g/mol. The van der Waals surface area contributed by atoms with Gasteiger partial charge in [-0.2, -0.15) is 5.10 Å². The Hall–Kier alpha value is -2.41. The van der Waals surface area contributed by atoms with Crippen molar-refractivity contribution in [2.45, 2.75) is 25.8 Å². The van der Waals surface area contributed by atoms with E-state index in [1.807, 2.05) is 6.07 Å². The summed E-state index contributed by atoms with van der Waals surface area (Å²) in [6, 6.07) is 6.83. The van der Waals surface area contributed by atoms with Gasteiger partial charge in [0.15, 0.2) is 6.61 Å². The second-order valence-corrected chi connectivity index (χ2v) is 5.39. The van der Waals surface area contributed by atoms with Gasteiger partial charge in [0.2, 0.25) is 5.91 Å². The smallest absolute Gasteiger partial charge is 0.355 e. The maximum Gasteiger partial charge on any atom is 0.355 e. The molecule has 1 aromatic carbocycles. The highest BCUT2D eigenvalue weighted by atomic mass is 35.5. The lowest BCUT2D eigenvalue weighted by molar-refractivity contribution is -0.142. The molecule has 7 nitrogen and oxygen atoms in total. The van der Waals surface area contributed by atoms with Crippen LogP contribution >= 0.6 is 11.6 Å². The molecule has 23 heavy (non-hydrogen) atoms. The van der Waals surface area contributed by atoms with Crippen molar-refractivity contribution in [3.8, 4) is 0 Å². The van der Waals surface area contributed by atoms with E-state index < -0.39 is 18.5 Å². The van der Waals surface area contributed by atoms with Crippen LogP contribution in [0.25, 0.3) is 0 Å². The highest BCUT2D eigenvalue weighted by molar-refractivity contribution is 6.37. The molecular formula is C15H16ClN3O4. The van der Waals surface area contributed by atoms with E-state index in [2.05, 4.69) is 15.8 Å². The molecule has 0 saturated heterocycles. The summed E-state index contributed by atoms with van der Waals surface area (Å²) in [6.07, 6.45) is 0.367. The Morgan fingerprint density at radius 1 is 1.39 bits per heavy atom. The largest absolute Gasteiger partial charge is 0.451 e. The number of hydrogen-bond acceptors (Lipinski definition) is 5. The third kappa shape index (κ3) is 4.79. The number of nitrogens with one attached hydrogen (secondary N) is 2. The van der Waals surface area contributed by atoms with Gasteiger partial charge in [0, 0.05) is 17.9 Å². The summed E-state index contributed by atoms with van der Waals surface area (Å²) in [5, 5.41) is 6.84. The van der Waals surface area contributed by atoms with Crippen molar-refractivity contribution in [1.29, 1.82) is 0 Å². The normalized spacial score (nSPS) is 15.2. The highest BCUT2D eigenvalue weighted by Crippen LogP contribution is 2.21. The maximum atomic E-state index is 11.8. The minimum Gasteiger partial charge on any atom is -0.451 e. The number of nitrogens with zero attached hydrogens (tertiary/aromatic N) is 1. The SMILES string of the molecule is C[C@@H](NC(=O)COC(=O)C1=NNC(=O)CC1)c1ccccc1Cl. The van der Waals surface area contributed by atoms with Crippen LogP contribution in [0.5, 0.6) is 0 Å². The lowest BCUT2D eigenvalue weighted by atomic mass is 10.1. The third-order valence-corrected chi connectivity index (χ3v) is 3.57. The fourth-order valence-electron chi connectivity index (χ4n) is 2.02. The Morgan fingerprint density at radius 2 is 2.13 bits per heavy atom. The predicted molar refractivity (Wildman–Crippen MR) is 83.8 cm³/mol. The van der Waals surface area contributed by atoms with E-state index in [1.54, 1.807) is 25.1 Å². The molecule has 1 heterocycles. The minimum absolute atomic E-state index is 0.0940. The van der Waals surface area contributed by atoms with Crippen LogP contribution in [0, 0.1) is 0 Å². The second kappa shape index (κ2) is 7.73. The van der Waals surface area contributed by atoms with Crippen LogP contribution in [-0.2, 0) is 19.1 Å². The van der Waals surface area contributed by atoms with E-state index in [1.165, 1.54) is 0 Å². The third-order valence-electron chi connectivity index (χ3n) is 3.22. The highest BCUT2D eigenvalue weighted by Gasteiger charge is 2.21. The van der Waals surface area contributed by atoms with Crippen molar-refractivity contribution in [2.75, 3.05) is 6.61 Å². The van der Waals surface area contributed by atoms with Gasteiger partial charge in [-0.05, 0) is 18.6 Å². The first-order valence-electron chi connectivity index (χ1n) is 7.03. The number of esters is 1. The molecule has 2 amide bonds. The molecule has 0 bridgehead atoms. The number of rotatable bonds is 5. The molecular weight excluding hydrogens is 322 g/mol. The maximum absolute atomic E-state index is 11.8. The Morgan fingerprint density at radius 3 is 2.78 bits per heavy atom. The lowest BCUT2D eigenvalue weighted by Crippen LogP contribution is -2.34. The van der Waals surface area contributed by atoms with E-state index in [9.17, 15) is 14.4 Å². The first kappa shape index (κ1) is 17.0. The van der Waals surface area contributed by atoms with Crippen LogP contribution in [0.2, 0.25) is 5.02 Å². The molecule has 1 aliphatic heterocycles. The molecule has 0 saturated carbocycles. The van der Waals surface area contributed by atoms with Gasteiger partial charge in [-0.15, -0.1) is 0 Å². The van der Waals surface area contributed by atoms with Crippen molar-refractivity contribution in [1.82, 2.24) is 10.7 Å². The molecule has 0 fully saturated rings. The first-order valence-corrected chi connectivity index (χ1v) is 7.41. The first-order chi connectivity index (χ1) is 11.0. The topological polar surface area (TPSA) is 96.9 Å². The Labute approximate surface area is 138 Å². The number of carbonyl (C=O) groups is 3. The standard InChI is InChI=1S/C15H16ClN3O4/c1-9(10-4-2-3-5-11(10)16)17-14(21)8-23-15(22)12-6-7-13(20)19-18-12/h2-5,9H,6-8H2,1H3,(H,17,21)(H,19,20)/t9-/m1/s1. The second-order valence-electron chi connectivity index (χ2n) is 4.98. The van der Waals surface area contributed by atoms with Gasteiger partial charge >= 0.3 is 5.97 Å². The Kier molecular flexibility index (Phi) is 5.70. The molecule has 0 aromatic heterocycles. The summed E-state index contributed by atoms with van der Waals surface area (Å²) in [5.74, 6) is -1.43. The van der Waals surface area contributed by atoms with Crippen LogP contribution < -0.4 is 10.7 Å². The van der Waals surface area contributed by atoms with Gasteiger partial charge in [-0.3, -0.25) is 9.59 Å². The summed E-state index contributed by atoms with van der Waals surface area (Å²) >= 11 is 6.06. The monoisotopic (exact) mass is 337 g/mol. The van der Waals surface area contributed by atoms with Crippen molar-refractivity contribution < 1.29 is 19.1 Å². The van der Waals surface area contributed by atoms with E-state index >= 15 is 0 Å². The molecule has 0 spiro atoms. The van der Waals surface area contributed by atoms with Gasteiger partial charge < -0.3 is 10.1 Å². The quantitative estimate of drug-likeness (QED) is 0.792. The van der Waals surface area contributed by atoms with Crippen molar-refractivity contribution >= 4 is 35.1 Å². The fraction of sp³-hybridized carbons (Fsp3) is 0.333. The molecule has 1 aliphatic rings. The van der Waals surface area contributed by atoms with E-state index in [0.717, 1.165) is 5.56 Å². The number of carbonyl (C=O) groups excluding carboxylic acids is 3. The zero-order valence-corrected chi connectivity index (χ0v) is 13.2. The summed E-state index contributed by atoms with van der Waals surface area (Å²) in [7, 11) is 0. The number of hydrogen-bond donors (Lipinski definition) is 2. The number of amides is 2. The van der Waals surface area contributed by atoms with Gasteiger partial charge in [-0.25, -0.2) is 10.2 Å². The van der Waals surface area contributed by atoms with Crippen LogP contribution in [0.3, 0.4) is 0 Å². The van der Waals surface area contributed by atoms with E-state index in [4.69, 9.17) is 16.3 Å². The number of benzene rings is 1. The minimum atomic E-state index is -0.717. The number of halogens is 1. The molecule has 0 radical (unpaired) electrons. The molecule has 0 unspecified atom stereocenters. The molecule has 2 rings (SSSR count). The number of hydrazone groups is 1. The summed E-state index contributed by atoms with van der Waals surface area (Å²) in [6.45, 7) is 1.35. The van der Waals surface area contributed by atoms with Gasteiger partial charge in [0.1, 0.15) is 5.71 Å². The van der Waals surface area contributed by atoms with Crippen LogP contribution in [0.1, 0.15) is 31.4 Å². The zero-order valence-electron chi connectivity index (χ0n) is 12.5.